The van der Waals surface area contributed by atoms with Gasteiger partial charge in [-0.15, -0.1) is 0 Å². The summed E-state index contributed by atoms with van der Waals surface area (Å²) in [5.74, 6) is 0.0246. The molecule has 140 valence electrons. The molecule has 2 atom stereocenters. The fourth-order valence-electron chi connectivity index (χ4n) is 4.16. The minimum Gasteiger partial charge on any atom is -0.339 e. The highest BCUT2D eigenvalue weighted by Gasteiger charge is 2.34. The van der Waals surface area contributed by atoms with E-state index in [1.165, 1.54) is 6.08 Å². The zero-order valence-electron chi connectivity index (χ0n) is 15.2. The summed E-state index contributed by atoms with van der Waals surface area (Å²) in [6.45, 7) is 5.60. The van der Waals surface area contributed by atoms with E-state index in [-0.39, 0.29) is 23.8 Å². The molecule has 1 aromatic carbocycles. The van der Waals surface area contributed by atoms with Crippen LogP contribution in [0.1, 0.15) is 37.7 Å². The molecule has 2 fully saturated rings. The predicted molar refractivity (Wildman–Crippen MR) is 104 cm³/mol. The number of rotatable bonds is 4. The molecule has 2 amide bonds. The monoisotopic (exact) mass is 374 g/mol. The van der Waals surface area contributed by atoms with Crippen molar-refractivity contribution in [1.82, 2.24) is 9.80 Å². The van der Waals surface area contributed by atoms with Crippen molar-refractivity contribution >= 4 is 23.4 Å². The van der Waals surface area contributed by atoms with E-state index in [1.54, 1.807) is 4.90 Å². The molecule has 2 aliphatic rings. The summed E-state index contributed by atoms with van der Waals surface area (Å²) in [5, 5.41) is 0.769. The molecule has 0 saturated carbocycles. The summed E-state index contributed by atoms with van der Waals surface area (Å²) < 4.78 is 0. The Morgan fingerprint density at radius 3 is 2.73 bits per heavy atom. The van der Waals surface area contributed by atoms with Crippen LogP contribution in [-0.4, -0.2) is 47.3 Å². The van der Waals surface area contributed by atoms with Crippen molar-refractivity contribution in [2.75, 3.05) is 19.6 Å². The van der Waals surface area contributed by atoms with Crippen LogP contribution in [0.3, 0.4) is 0 Å². The Morgan fingerprint density at radius 1 is 1.15 bits per heavy atom. The maximum absolute atomic E-state index is 13.2. The zero-order chi connectivity index (χ0) is 18.5. The van der Waals surface area contributed by atoms with Gasteiger partial charge in [-0.25, -0.2) is 0 Å². The van der Waals surface area contributed by atoms with Crippen molar-refractivity contribution in [3.05, 3.63) is 47.5 Å². The van der Waals surface area contributed by atoms with E-state index in [1.807, 2.05) is 24.3 Å². The number of halogens is 1. The summed E-state index contributed by atoms with van der Waals surface area (Å²) in [5.41, 5.74) is 1.10. The fourth-order valence-corrected chi connectivity index (χ4v) is 4.38. The van der Waals surface area contributed by atoms with Crippen LogP contribution in [-0.2, 0) is 16.0 Å². The molecule has 0 bridgehead atoms. The van der Waals surface area contributed by atoms with E-state index in [0.717, 1.165) is 62.2 Å². The SMILES string of the molecule is C=CC(=O)N1CCCC(C(=O)N2CCCCC2Cc2ccccc2Cl)C1. The topological polar surface area (TPSA) is 40.6 Å². The van der Waals surface area contributed by atoms with Gasteiger partial charge in [0.05, 0.1) is 5.92 Å². The molecule has 0 radical (unpaired) electrons. The van der Waals surface area contributed by atoms with Crippen molar-refractivity contribution in [3.63, 3.8) is 0 Å². The van der Waals surface area contributed by atoms with Crippen LogP contribution in [0.25, 0.3) is 0 Å². The van der Waals surface area contributed by atoms with Gasteiger partial charge in [0.15, 0.2) is 0 Å². The lowest BCUT2D eigenvalue weighted by Gasteiger charge is -2.40. The highest BCUT2D eigenvalue weighted by molar-refractivity contribution is 6.31. The van der Waals surface area contributed by atoms with Crippen LogP contribution in [0.5, 0.6) is 0 Å². The Morgan fingerprint density at radius 2 is 1.96 bits per heavy atom. The Hall–Kier alpha value is -1.81. The number of amides is 2. The number of hydrogen-bond donors (Lipinski definition) is 0. The van der Waals surface area contributed by atoms with Crippen molar-refractivity contribution in [2.24, 2.45) is 5.92 Å². The van der Waals surface area contributed by atoms with Crippen molar-refractivity contribution < 1.29 is 9.59 Å². The van der Waals surface area contributed by atoms with Gasteiger partial charge < -0.3 is 9.80 Å². The molecular weight excluding hydrogens is 348 g/mol. The number of carbonyl (C=O) groups is 2. The third kappa shape index (κ3) is 4.29. The second-order valence-corrected chi connectivity index (χ2v) is 7.71. The predicted octanol–water partition coefficient (Wildman–Crippen LogP) is 3.69. The molecule has 1 aromatic rings. The molecular formula is C21H27ClN2O2. The minimum absolute atomic E-state index is 0.0752. The zero-order valence-corrected chi connectivity index (χ0v) is 16.0. The maximum Gasteiger partial charge on any atom is 0.245 e. The van der Waals surface area contributed by atoms with Crippen LogP contribution < -0.4 is 0 Å². The van der Waals surface area contributed by atoms with Crippen LogP contribution in [0.2, 0.25) is 5.02 Å². The minimum atomic E-state index is -0.0977. The maximum atomic E-state index is 13.2. The molecule has 2 saturated heterocycles. The Bertz CT molecular complexity index is 676. The number of hydrogen-bond acceptors (Lipinski definition) is 2. The number of nitrogens with zero attached hydrogens (tertiary/aromatic N) is 2. The standard InChI is InChI=1S/C21H27ClN2O2/c1-2-20(25)23-12-7-9-17(15-23)21(26)24-13-6-5-10-18(24)14-16-8-3-4-11-19(16)22/h2-4,8,11,17-18H,1,5-7,9-10,12-15H2. The average molecular weight is 375 g/mol. The van der Waals surface area contributed by atoms with E-state index < -0.39 is 0 Å². The van der Waals surface area contributed by atoms with Gasteiger partial charge in [-0.2, -0.15) is 0 Å². The van der Waals surface area contributed by atoms with Gasteiger partial charge in [-0.3, -0.25) is 9.59 Å². The first-order chi connectivity index (χ1) is 12.6. The van der Waals surface area contributed by atoms with Crippen molar-refractivity contribution in [1.29, 1.82) is 0 Å². The smallest absolute Gasteiger partial charge is 0.245 e. The average Bonchev–Trinajstić information content (AvgIpc) is 2.69. The van der Waals surface area contributed by atoms with Gasteiger partial charge in [0, 0.05) is 30.7 Å². The first kappa shape index (κ1) is 19.0. The molecule has 2 heterocycles. The van der Waals surface area contributed by atoms with Crippen molar-refractivity contribution in [3.8, 4) is 0 Å². The van der Waals surface area contributed by atoms with E-state index in [0.29, 0.717) is 6.54 Å². The second-order valence-electron chi connectivity index (χ2n) is 7.30. The number of likely N-dealkylation sites (tertiary alicyclic amines) is 2. The lowest BCUT2D eigenvalue weighted by atomic mass is 9.91. The van der Waals surface area contributed by atoms with Gasteiger partial charge >= 0.3 is 0 Å². The molecule has 0 aliphatic carbocycles. The lowest BCUT2D eigenvalue weighted by Crippen LogP contribution is -2.51. The highest BCUT2D eigenvalue weighted by Crippen LogP contribution is 2.28. The Kier molecular flexibility index (Phi) is 6.36. The third-order valence-electron chi connectivity index (χ3n) is 5.58. The normalized spacial score (nSPS) is 23.6. The largest absolute Gasteiger partial charge is 0.339 e. The highest BCUT2D eigenvalue weighted by atomic mass is 35.5. The van der Waals surface area contributed by atoms with E-state index >= 15 is 0 Å². The summed E-state index contributed by atoms with van der Waals surface area (Å²) in [7, 11) is 0. The summed E-state index contributed by atoms with van der Waals surface area (Å²) in [6, 6.07) is 8.08. The molecule has 5 heteroatoms. The Balaban J connectivity index is 1.70. The molecule has 2 unspecified atom stereocenters. The van der Waals surface area contributed by atoms with Gasteiger partial charge in [0.25, 0.3) is 0 Å². The van der Waals surface area contributed by atoms with E-state index in [9.17, 15) is 9.59 Å². The van der Waals surface area contributed by atoms with Crippen LogP contribution in [0, 0.1) is 5.92 Å². The van der Waals surface area contributed by atoms with Crippen LogP contribution in [0.4, 0.5) is 0 Å². The Labute approximate surface area is 160 Å². The number of piperidine rings is 2. The summed E-state index contributed by atoms with van der Waals surface area (Å²) in [4.78, 5) is 29.0. The molecule has 0 aromatic heterocycles. The molecule has 0 N–H and O–H groups in total. The summed E-state index contributed by atoms with van der Waals surface area (Å²) >= 11 is 6.33. The van der Waals surface area contributed by atoms with E-state index in [2.05, 4.69) is 11.5 Å². The van der Waals surface area contributed by atoms with Crippen LogP contribution >= 0.6 is 11.6 Å². The first-order valence-electron chi connectivity index (χ1n) is 9.55. The second kappa shape index (κ2) is 8.72. The fraction of sp³-hybridized carbons (Fsp3) is 0.524. The van der Waals surface area contributed by atoms with Gasteiger partial charge in [-0.05, 0) is 56.2 Å². The van der Waals surface area contributed by atoms with E-state index in [4.69, 9.17) is 11.6 Å². The third-order valence-corrected chi connectivity index (χ3v) is 5.95. The van der Waals surface area contributed by atoms with Gasteiger partial charge in [0.1, 0.15) is 0 Å². The lowest BCUT2D eigenvalue weighted by molar-refractivity contribution is -0.142. The molecule has 0 spiro atoms. The number of carbonyl (C=O) groups excluding carboxylic acids is 2. The first-order valence-corrected chi connectivity index (χ1v) is 9.93. The number of benzene rings is 1. The molecule has 26 heavy (non-hydrogen) atoms. The molecule has 3 rings (SSSR count). The van der Waals surface area contributed by atoms with Crippen molar-refractivity contribution in [2.45, 2.75) is 44.6 Å². The summed E-state index contributed by atoms with van der Waals surface area (Å²) in [6.07, 6.45) is 7.08. The van der Waals surface area contributed by atoms with Gasteiger partial charge in [-0.1, -0.05) is 36.4 Å². The molecule has 2 aliphatic heterocycles. The quantitative estimate of drug-likeness (QED) is 0.754. The van der Waals surface area contributed by atoms with Crippen LogP contribution in [0.15, 0.2) is 36.9 Å². The van der Waals surface area contributed by atoms with Gasteiger partial charge in [0.2, 0.25) is 11.8 Å². The molecule has 4 nitrogen and oxygen atoms in total.